The number of aryl methyl sites for hydroxylation is 2. The quantitative estimate of drug-likeness (QED) is 0.162. The highest BCUT2D eigenvalue weighted by Gasteiger charge is 2.32. The largest absolute Gasteiger partial charge is 0.308 e. The Labute approximate surface area is 275 Å². The van der Waals surface area contributed by atoms with Gasteiger partial charge in [-0.15, -0.1) is 0 Å². The van der Waals surface area contributed by atoms with Gasteiger partial charge in [0.05, 0.1) is 33.1 Å². The van der Waals surface area contributed by atoms with Gasteiger partial charge in [-0.1, -0.05) is 84.9 Å². The Morgan fingerprint density at radius 2 is 0.833 bits per heavy atom. The van der Waals surface area contributed by atoms with Crippen LogP contribution >= 0.6 is 0 Å². The Morgan fingerprint density at radius 3 is 1.33 bits per heavy atom. The average Bonchev–Trinajstić information content (AvgIpc) is 3.94. The summed E-state index contributed by atoms with van der Waals surface area (Å²) in [5.74, 6) is 0. The van der Waals surface area contributed by atoms with Crippen molar-refractivity contribution in [3.63, 3.8) is 0 Å². The van der Waals surface area contributed by atoms with Crippen LogP contribution in [-0.2, 0) is 12.8 Å². The summed E-state index contributed by atoms with van der Waals surface area (Å²) in [5, 5.41) is 11.2. The highest BCUT2D eigenvalue weighted by molar-refractivity contribution is 6.34. The van der Waals surface area contributed by atoms with Crippen LogP contribution in [0.3, 0.4) is 0 Å². The van der Waals surface area contributed by atoms with Crippen LogP contribution in [0.15, 0.2) is 109 Å². The van der Waals surface area contributed by atoms with Gasteiger partial charge in [-0.25, -0.2) is 0 Å². The van der Waals surface area contributed by atoms with Crippen LogP contribution in [0.25, 0.3) is 98.4 Å². The Kier molecular flexibility index (Phi) is 3.96. The van der Waals surface area contributed by atoms with Crippen LogP contribution in [0, 0.1) is 13.8 Å². The minimum Gasteiger partial charge on any atom is -0.308 e. The third-order valence-electron chi connectivity index (χ3n) is 12.3. The van der Waals surface area contributed by atoms with Gasteiger partial charge in [0.2, 0.25) is 0 Å². The minimum atomic E-state index is 0.996. The number of para-hydroxylation sites is 2. The fraction of sp³-hybridized carbons (Fsp3) is 0.0870. The molecule has 0 unspecified atom stereocenters. The fourth-order valence-electron chi connectivity index (χ4n) is 10.6. The first-order valence-corrected chi connectivity index (χ1v) is 17.2. The molecule has 13 rings (SSSR count). The van der Waals surface area contributed by atoms with Crippen LogP contribution in [0.5, 0.6) is 0 Å². The molecule has 0 amide bonds. The normalized spacial score (nSPS) is 13.9. The maximum Gasteiger partial charge on any atom is 0.0627 e. The van der Waals surface area contributed by atoms with Gasteiger partial charge in [0.15, 0.2) is 0 Å². The lowest BCUT2D eigenvalue weighted by Crippen LogP contribution is -1.91. The van der Waals surface area contributed by atoms with Gasteiger partial charge >= 0.3 is 0 Å². The molecule has 4 heterocycles. The molecule has 4 aromatic heterocycles. The highest BCUT2D eigenvalue weighted by atomic mass is 14.9. The summed E-state index contributed by atoms with van der Waals surface area (Å²) in [6.07, 6.45) is 1.99. The number of hydrogen-bond acceptors (Lipinski definition) is 0. The van der Waals surface area contributed by atoms with Gasteiger partial charge < -0.3 is 8.80 Å². The minimum absolute atomic E-state index is 0.996. The van der Waals surface area contributed by atoms with E-state index in [1.165, 1.54) is 132 Å². The average molecular weight is 609 g/mol. The molecule has 2 nitrogen and oxygen atoms in total. The van der Waals surface area contributed by atoms with E-state index < -0.39 is 0 Å². The molecular weight excluding hydrogens is 581 g/mol. The monoisotopic (exact) mass is 608 g/mol. The summed E-state index contributed by atoms with van der Waals surface area (Å²) in [6, 6.07) is 41.4. The molecule has 0 saturated heterocycles. The molecular formula is C46H28N2. The third kappa shape index (κ3) is 2.46. The Balaban J connectivity index is 1.31. The molecule has 0 aliphatic heterocycles. The van der Waals surface area contributed by atoms with Crippen molar-refractivity contribution in [1.29, 1.82) is 0 Å². The molecule has 2 aliphatic carbocycles. The Morgan fingerprint density at radius 1 is 0.396 bits per heavy atom. The maximum atomic E-state index is 2.63. The molecule has 0 atom stereocenters. The zero-order chi connectivity index (χ0) is 31.2. The second-order valence-electron chi connectivity index (χ2n) is 14.4. The number of fused-ring (bicyclic) bond motifs is 20. The summed E-state index contributed by atoms with van der Waals surface area (Å²) >= 11 is 0. The Bertz CT molecular complexity index is 3070. The van der Waals surface area contributed by atoms with Crippen molar-refractivity contribution in [3.8, 4) is 22.3 Å². The van der Waals surface area contributed by atoms with Crippen LogP contribution in [0.2, 0.25) is 0 Å². The maximum absolute atomic E-state index is 2.63. The first-order valence-electron chi connectivity index (χ1n) is 17.2. The smallest absolute Gasteiger partial charge is 0.0627 e. The second-order valence-corrected chi connectivity index (χ2v) is 14.4. The first kappa shape index (κ1) is 24.3. The van der Waals surface area contributed by atoms with Gasteiger partial charge in [0.25, 0.3) is 0 Å². The zero-order valence-corrected chi connectivity index (χ0v) is 26.7. The SMILES string of the molecule is Cc1c2c3cc4c(c5c6ccccc6n(c2c(C)c2c1c1cc6c(c7c8ccccc8n2c17)-c1ccccc1C6)c35)-c1ccccc1C4. The van der Waals surface area contributed by atoms with Crippen LogP contribution in [0.1, 0.15) is 33.4 Å². The van der Waals surface area contributed by atoms with Crippen molar-refractivity contribution in [2.24, 2.45) is 0 Å². The van der Waals surface area contributed by atoms with E-state index in [0.29, 0.717) is 0 Å². The fourth-order valence-corrected chi connectivity index (χ4v) is 10.6. The van der Waals surface area contributed by atoms with Crippen LogP contribution in [0.4, 0.5) is 0 Å². The van der Waals surface area contributed by atoms with E-state index >= 15 is 0 Å². The van der Waals surface area contributed by atoms with E-state index in [9.17, 15) is 0 Å². The van der Waals surface area contributed by atoms with Gasteiger partial charge in [-0.2, -0.15) is 0 Å². The zero-order valence-electron chi connectivity index (χ0n) is 26.7. The summed E-state index contributed by atoms with van der Waals surface area (Å²) in [5.41, 5.74) is 22.3. The van der Waals surface area contributed by atoms with Gasteiger partial charge in [0.1, 0.15) is 0 Å². The molecule has 222 valence electrons. The number of aromatic nitrogens is 2. The molecule has 0 radical (unpaired) electrons. The number of benzene rings is 7. The molecule has 7 aromatic carbocycles. The van der Waals surface area contributed by atoms with Crippen molar-refractivity contribution >= 4 is 76.2 Å². The standard InChI is InChI=1S/C46H28N2/c1-23-37-33-21-27-19-25-11-3-5-13-29(25)39(27)41-31-15-7-9-17-35(31)47(45(33)41)43(37)24(2)44-38(23)34-22-28-20-26-12-4-6-14-30(26)40(28)42-32-16-8-10-18-36(32)48(44)46(34)42/h3-18,21-22H,19-20H2,1-2H3. The third-order valence-corrected chi connectivity index (χ3v) is 12.3. The van der Waals surface area contributed by atoms with Crippen molar-refractivity contribution in [3.05, 3.63) is 143 Å². The lowest BCUT2D eigenvalue weighted by molar-refractivity contribution is 1.27. The summed E-state index contributed by atoms with van der Waals surface area (Å²) in [4.78, 5) is 0. The molecule has 0 bridgehead atoms. The number of nitrogens with zero attached hydrogens (tertiary/aromatic N) is 2. The lowest BCUT2D eigenvalue weighted by Gasteiger charge is -2.11. The predicted octanol–water partition coefficient (Wildman–Crippen LogP) is 11.7. The lowest BCUT2D eigenvalue weighted by atomic mass is 9.92. The number of rotatable bonds is 0. The first-order chi connectivity index (χ1) is 23.7. The van der Waals surface area contributed by atoms with E-state index in [1.54, 1.807) is 0 Å². The molecule has 0 N–H and O–H groups in total. The Hall–Kier alpha value is -5.86. The van der Waals surface area contributed by atoms with E-state index in [4.69, 9.17) is 0 Å². The van der Waals surface area contributed by atoms with Crippen molar-refractivity contribution in [2.45, 2.75) is 26.7 Å². The summed E-state index contributed by atoms with van der Waals surface area (Å²) in [6.45, 7) is 4.80. The summed E-state index contributed by atoms with van der Waals surface area (Å²) < 4.78 is 5.25. The molecule has 48 heavy (non-hydrogen) atoms. The summed E-state index contributed by atoms with van der Waals surface area (Å²) in [7, 11) is 0. The topological polar surface area (TPSA) is 8.82 Å². The van der Waals surface area contributed by atoms with Crippen molar-refractivity contribution < 1.29 is 0 Å². The van der Waals surface area contributed by atoms with E-state index in [-0.39, 0.29) is 0 Å². The molecule has 2 heteroatoms. The second kappa shape index (κ2) is 7.81. The molecule has 11 aromatic rings. The predicted molar refractivity (Wildman–Crippen MR) is 202 cm³/mol. The van der Waals surface area contributed by atoms with Crippen LogP contribution in [-0.4, -0.2) is 8.80 Å². The number of hydrogen-bond donors (Lipinski definition) is 0. The van der Waals surface area contributed by atoms with Crippen molar-refractivity contribution in [1.82, 2.24) is 8.80 Å². The van der Waals surface area contributed by atoms with E-state index in [1.807, 2.05) is 0 Å². The van der Waals surface area contributed by atoms with Crippen LogP contribution < -0.4 is 0 Å². The van der Waals surface area contributed by atoms with E-state index in [0.717, 1.165) is 12.8 Å². The van der Waals surface area contributed by atoms with E-state index in [2.05, 4.69) is 132 Å². The molecule has 0 saturated carbocycles. The molecule has 0 spiro atoms. The molecule has 0 fully saturated rings. The molecule has 2 aliphatic rings. The van der Waals surface area contributed by atoms with Gasteiger partial charge in [-0.05, 0) is 107 Å². The van der Waals surface area contributed by atoms with Crippen molar-refractivity contribution in [2.75, 3.05) is 0 Å². The highest BCUT2D eigenvalue weighted by Crippen LogP contribution is 2.54. The van der Waals surface area contributed by atoms with Gasteiger partial charge in [0, 0.05) is 43.1 Å². The van der Waals surface area contributed by atoms with Gasteiger partial charge in [-0.3, -0.25) is 0 Å².